The van der Waals surface area contributed by atoms with Gasteiger partial charge in [-0.2, -0.15) is 5.10 Å². The second-order valence-corrected chi connectivity index (χ2v) is 6.00. The molecule has 0 fully saturated rings. The van der Waals surface area contributed by atoms with Crippen molar-refractivity contribution in [2.24, 2.45) is 0 Å². The third-order valence-electron chi connectivity index (χ3n) is 2.64. The Morgan fingerprint density at radius 1 is 1.11 bits per heavy atom. The molecule has 0 aliphatic carbocycles. The number of rotatable bonds is 1. The summed E-state index contributed by atoms with van der Waals surface area (Å²) in [4.78, 5) is 0. The largest absolute Gasteiger partial charge is 0.382 e. The lowest BCUT2D eigenvalue weighted by Gasteiger charge is -2.15. The van der Waals surface area contributed by atoms with Gasteiger partial charge >= 0.3 is 0 Å². The molecule has 3 nitrogen and oxygen atoms in total. The van der Waals surface area contributed by atoms with Crippen LogP contribution < -0.4 is 5.73 Å². The summed E-state index contributed by atoms with van der Waals surface area (Å²) in [6, 6.07) is 7.30. The van der Waals surface area contributed by atoms with E-state index in [1.165, 1.54) is 0 Å². The summed E-state index contributed by atoms with van der Waals surface area (Å²) in [6.45, 7) is 6.15. The Hall–Kier alpha value is -1.19. The molecule has 1 heterocycles. The number of anilines is 1. The lowest BCUT2D eigenvalue weighted by molar-refractivity contribution is 0.560. The second kappa shape index (κ2) is 4.48. The van der Waals surface area contributed by atoms with Gasteiger partial charge in [0.15, 0.2) is 0 Å². The Morgan fingerprint density at radius 2 is 1.67 bits per heavy atom. The predicted molar refractivity (Wildman–Crippen MR) is 76.7 cm³/mol. The molecule has 0 atom stereocenters. The van der Waals surface area contributed by atoms with Gasteiger partial charge < -0.3 is 5.73 Å². The first kappa shape index (κ1) is 13.2. The molecule has 0 aliphatic rings. The molecule has 0 unspecified atom stereocenters. The molecule has 0 saturated carbocycles. The van der Waals surface area contributed by atoms with Gasteiger partial charge in [0.25, 0.3) is 0 Å². The third kappa shape index (κ3) is 2.33. The van der Waals surface area contributed by atoms with E-state index < -0.39 is 0 Å². The van der Waals surface area contributed by atoms with Crippen LogP contribution in [0.5, 0.6) is 0 Å². The van der Waals surface area contributed by atoms with Crippen LogP contribution in [0.2, 0.25) is 10.0 Å². The van der Waals surface area contributed by atoms with Gasteiger partial charge in [-0.3, -0.25) is 0 Å². The van der Waals surface area contributed by atoms with Crippen LogP contribution in [-0.4, -0.2) is 9.78 Å². The van der Waals surface area contributed by atoms with E-state index in [4.69, 9.17) is 28.9 Å². The maximum Gasteiger partial charge on any atom is 0.146 e. The SMILES string of the molecule is CC(C)(C)c1nn(-c2ccc(Cl)cc2)c(N)c1Cl. The molecule has 18 heavy (non-hydrogen) atoms. The number of nitrogens with two attached hydrogens (primary N) is 1. The van der Waals surface area contributed by atoms with Gasteiger partial charge in [0, 0.05) is 10.4 Å². The molecule has 1 aromatic carbocycles. The minimum absolute atomic E-state index is 0.150. The lowest BCUT2D eigenvalue weighted by atomic mass is 9.92. The van der Waals surface area contributed by atoms with Gasteiger partial charge in [-0.25, -0.2) is 4.68 Å². The van der Waals surface area contributed by atoms with Crippen molar-refractivity contribution in [1.82, 2.24) is 9.78 Å². The average molecular weight is 284 g/mol. The fourth-order valence-corrected chi connectivity index (χ4v) is 2.20. The summed E-state index contributed by atoms with van der Waals surface area (Å²) in [7, 11) is 0. The molecular formula is C13H15Cl2N3. The number of benzene rings is 1. The molecule has 0 saturated heterocycles. The first-order valence-electron chi connectivity index (χ1n) is 5.61. The van der Waals surface area contributed by atoms with Gasteiger partial charge in [0.2, 0.25) is 0 Å². The van der Waals surface area contributed by atoms with E-state index in [9.17, 15) is 0 Å². The zero-order chi connectivity index (χ0) is 13.5. The topological polar surface area (TPSA) is 43.8 Å². The lowest BCUT2D eigenvalue weighted by Crippen LogP contribution is -2.13. The summed E-state index contributed by atoms with van der Waals surface area (Å²) in [6.07, 6.45) is 0. The first-order chi connectivity index (χ1) is 8.30. The Kier molecular flexibility index (Phi) is 3.30. The molecule has 0 spiro atoms. The van der Waals surface area contributed by atoms with Crippen LogP contribution in [0.1, 0.15) is 26.5 Å². The Labute approximate surface area is 117 Å². The normalized spacial score (nSPS) is 11.8. The maximum absolute atomic E-state index is 6.25. The fraction of sp³-hybridized carbons (Fsp3) is 0.308. The van der Waals surface area contributed by atoms with E-state index in [0.717, 1.165) is 11.4 Å². The molecule has 0 aliphatic heterocycles. The van der Waals surface area contributed by atoms with Crippen LogP contribution >= 0.6 is 23.2 Å². The second-order valence-electron chi connectivity index (χ2n) is 5.19. The molecule has 0 bridgehead atoms. The molecule has 5 heteroatoms. The highest BCUT2D eigenvalue weighted by Crippen LogP contribution is 2.34. The van der Waals surface area contributed by atoms with Crippen LogP contribution in [0.4, 0.5) is 5.82 Å². The van der Waals surface area contributed by atoms with Crippen molar-refractivity contribution < 1.29 is 0 Å². The van der Waals surface area contributed by atoms with Crippen LogP contribution in [0, 0.1) is 0 Å². The van der Waals surface area contributed by atoms with Gasteiger partial charge in [0.1, 0.15) is 10.8 Å². The molecule has 0 amide bonds. The van der Waals surface area contributed by atoms with Crippen molar-refractivity contribution >= 4 is 29.0 Å². The average Bonchev–Trinajstić information content (AvgIpc) is 2.57. The smallest absolute Gasteiger partial charge is 0.146 e. The van der Waals surface area contributed by atoms with E-state index in [-0.39, 0.29) is 5.41 Å². The van der Waals surface area contributed by atoms with E-state index in [1.54, 1.807) is 16.8 Å². The number of nitrogens with zero attached hydrogens (tertiary/aromatic N) is 2. The fourth-order valence-electron chi connectivity index (χ4n) is 1.67. The predicted octanol–water partition coefficient (Wildman–Crippen LogP) is 4.06. The Morgan fingerprint density at radius 3 is 2.11 bits per heavy atom. The maximum atomic E-state index is 6.25. The minimum Gasteiger partial charge on any atom is -0.382 e. The first-order valence-corrected chi connectivity index (χ1v) is 6.36. The molecule has 2 aromatic rings. The van der Waals surface area contributed by atoms with Crippen molar-refractivity contribution in [3.8, 4) is 5.69 Å². The van der Waals surface area contributed by atoms with Crippen LogP contribution in [0.25, 0.3) is 5.69 Å². The quantitative estimate of drug-likeness (QED) is 0.858. The highest BCUT2D eigenvalue weighted by Gasteiger charge is 2.25. The zero-order valence-corrected chi connectivity index (χ0v) is 12.0. The van der Waals surface area contributed by atoms with Gasteiger partial charge in [0.05, 0.1) is 11.4 Å². The van der Waals surface area contributed by atoms with Crippen molar-refractivity contribution in [2.45, 2.75) is 26.2 Å². The van der Waals surface area contributed by atoms with Crippen LogP contribution in [-0.2, 0) is 5.41 Å². The minimum atomic E-state index is -0.150. The van der Waals surface area contributed by atoms with E-state index >= 15 is 0 Å². The molecule has 0 radical (unpaired) electrons. The standard InChI is InChI=1S/C13H15Cl2N3/c1-13(2,3)11-10(15)12(16)18(17-11)9-6-4-8(14)5-7-9/h4-7H,16H2,1-3H3. The molecular weight excluding hydrogens is 269 g/mol. The Bertz CT molecular complexity index is 565. The van der Waals surface area contributed by atoms with Crippen molar-refractivity contribution in [3.63, 3.8) is 0 Å². The number of nitrogen functional groups attached to an aromatic ring is 1. The van der Waals surface area contributed by atoms with E-state index in [2.05, 4.69) is 5.10 Å². The summed E-state index contributed by atoms with van der Waals surface area (Å²) in [5.41, 5.74) is 7.49. The summed E-state index contributed by atoms with van der Waals surface area (Å²) >= 11 is 12.1. The molecule has 1 aromatic heterocycles. The molecule has 2 N–H and O–H groups in total. The highest BCUT2D eigenvalue weighted by molar-refractivity contribution is 6.33. The highest BCUT2D eigenvalue weighted by atomic mass is 35.5. The van der Waals surface area contributed by atoms with Crippen LogP contribution in [0.3, 0.4) is 0 Å². The van der Waals surface area contributed by atoms with Gasteiger partial charge in [-0.1, -0.05) is 44.0 Å². The third-order valence-corrected chi connectivity index (χ3v) is 3.27. The van der Waals surface area contributed by atoms with Gasteiger partial charge in [-0.05, 0) is 24.3 Å². The van der Waals surface area contributed by atoms with Crippen LogP contribution in [0.15, 0.2) is 24.3 Å². The van der Waals surface area contributed by atoms with Crippen molar-refractivity contribution in [1.29, 1.82) is 0 Å². The molecule has 96 valence electrons. The van der Waals surface area contributed by atoms with E-state index in [0.29, 0.717) is 15.9 Å². The summed E-state index contributed by atoms with van der Waals surface area (Å²) in [5.74, 6) is 0.448. The Balaban J connectivity index is 2.56. The number of hydrogen-bond acceptors (Lipinski definition) is 2. The molecule has 2 rings (SSSR count). The van der Waals surface area contributed by atoms with Crippen molar-refractivity contribution in [2.75, 3.05) is 5.73 Å². The summed E-state index contributed by atoms with van der Waals surface area (Å²) in [5, 5.41) is 5.68. The van der Waals surface area contributed by atoms with Crippen molar-refractivity contribution in [3.05, 3.63) is 40.0 Å². The summed E-state index contributed by atoms with van der Waals surface area (Å²) < 4.78 is 1.64. The number of halogens is 2. The number of aromatic nitrogens is 2. The van der Waals surface area contributed by atoms with E-state index in [1.807, 2.05) is 32.9 Å². The zero-order valence-electron chi connectivity index (χ0n) is 10.5. The number of hydrogen-bond donors (Lipinski definition) is 1. The monoisotopic (exact) mass is 283 g/mol. The van der Waals surface area contributed by atoms with Gasteiger partial charge in [-0.15, -0.1) is 0 Å².